The highest BCUT2D eigenvalue weighted by molar-refractivity contribution is 6.37. The standard InChI is InChI=1S/C15H16O6/c1-20-12-3-2-4-13(21-8-9-5-6-9)14(12)10(16)7-11(17)15(18)19/h2-4,9H,5-8H2,1H3,(H,18,19). The molecule has 6 nitrogen and oxygen atoms in total. The number of rotatable bonds is 8. The van der Waals surface area contributed by atoms with Crippen LogP contribution in [0.2, 0.25) is 0 Å². The molecular formula is C15H16O6. The molecule has 0 unspecified atom stereocenters. The summed E-state index contributed by atoms with van der Waals surface area (Å²) in [7, 11) is 1.40. The highest BCUT2D eigenvalue weighted by Crippen LogP contribution is 2.33. The second-order valence-electron chi connectivity index (χ2n) is 4.92. The summed E-state index contributed by atoms with van der Waals surface area (Å²) in [5.74, 6) is -2.31. The third kappa shape index (κ3) is 3.81. The molecule has 0 aromatic heterocycles. The fourth-order valence-corrected chi connectivity index (χ4v) is 1.88. The van der Waals surface area contributed by atoms with Gasteiger partial charge >= 0.3 is 5.97 Å². The van der Waals surface area contributed by atoms with E-state index in [9.17, 15) is 14.4 Å². The monoisotopic (exact) mass is 292 g/mol. The van der Waals surface area contributed by atoms with Crippen LogP contribution in [0.5, 0.6) is 11.5 Å². The van der Waals surface area contributed by atoms with Crippen LogP contribution >= 0.6 is 0 Å². The highest BCUT2D eigenvalue weighted by atomic mass is 16.5. The number of carbonyl (C=O) groups is 3. The molecule has 0 aliphatic heterocycles. The molecule has 6 heteroatoms. The number of ketones is 2. The number of carboxylic acids is 1. The molecule has 0 bridgehead atoms. The molecule has 0 amide bonds. The van der Waals surface area contributed by atoms with E-state index in [2.05, 4.69) is 0 Å². The number of carboxylic acid groups (broad SMARTS) is 1. The molecular weight excluding hydrogens is 276 g/mol. The van der Waals surface area contributed by atoms with Gasteiger partial charge in [-0.15, -0.1) is 0 Å². The Morgan fingerprint density at radius 3 is 2.48 bits per heavy atom. The van der Waals surface area contributed by atoms with Crippen molar-refractivity contribution >= 4 is 17.5 Å². The first-order chi connectivity index (χ1) is 10.0. The van der Waals surface area contributed by atoms with Crippen LogP contribution < -0.4 is 9.47 Å². The van der Waals surface area contributed by atoms with Crippen molar-refractivity contribution in [2.24, 2.45) is 5.92 Å². The lowest BCUT2D eigenvalue weighted by Crippen LogP contribution is -2.18. The zero-order valence-electron chi connectivity index (χ0n) is 11.6. The third-order valence-corrected chi connectivity index (χ3v) is 3.22. The second kappa shape index (κ2) is 6.39. The summed E-state index contributed by atoms with van der Waals surface area (Å²) < 4.78 is 10.7. The lowest BCUT2D eigenvalue weighted by molar-refractivity contribution is -0.148. The predicted molar refractivity (Wildman–Crippen MR) is 72.8 cm³/mol. The van der Waals surface area contributed by atoms with E-state index in [-0.39, 0.29) is 11.3 Å². The Hall–Kier alpha value is -2.37. The molecule has 1 aromatic carbocycles. The molecule has 21 heavy (non-hydrogen) atoms. The molecule has 1 saturated carbocycles. The summed E-state index contributed by atoms with van der Waals surface area (Å²) in [6.07, 6.45) is 1.49. The van der Waals surface area contributed by atoms with Crippen molar-refractivity contribution in [3.8, 4) is 11.5 Å². The third-order valence-electron chi connectivity index (χ3n) is 3.22. The molecule has 1 N–H and O–H groups in total. The van der Waals surface area contributed by atoms with Crippen molar-refractivity contribution in [3.63, 3.8) is 0 Å². The lowest BCUT2D eigenvalue weighted by Gasteiger charge is -2.13. The van der Waals surface area contributed by atoms with Crippen LogP contribution in [0.25, 0.3) is 0 Å². The molecule has 0 atom stereocenters. The van der Waals surface area contributed by atoms with Crippen LogP contribution in [-0.2, 0) is 9.59 Å². The maximum atomic E-state index is 12.2. The number of aliphatic carboxylic acids is 1. The van der Waals surface area contributed by atoms with Crippen LogP contribution in [0.4, 0.5) is 0 Å². The quantitative estimate of drug-likeness (QED) is 0.445. The lowest BCUT2D eigenvalue weighted by atomic mass is 10.0. The van der Waals surface area contributed by atoms with Crippen LogP contribution in [0.3, 0.4) is 0 Å². The number of hydrogen-bond donors (Lipinski definition) is 1. The van der Waals surface area contributed by atoms with Crippen molar-refractivity contribution < 1.29 is 29.0 Å². The SMILES string of the molecule is COc1cccc(OCC2CC2)c1C(=O)CC(=O)C(=O)O. The van der Waals surface area contributed by atoms with Crippen molar-refractivity contribution in [1.82, 2.24) is 0 Å². The summed E-state index contributed by atoms with van der Waals surface area (Å²) in [4.78, 5) is 34.0. The Morgan fingerprint density at radius 1 is 1.24 bits per heavy atom. The minimum Gasteiger partial charge on any atom is -0.496 e. The Kier molecular flexibility index (Phi) is 4.57. The Bertz CT molecular complexity index is 574. The van der Waals surface area contributed by atoms with Crippen LogP contribution in [0.15, 0.2) is 18.2 Å². The van der Waals surface area contributed by atoms with E-state index in [0.29, 0.717) is 18.3 Å². The van der Waals surface area contributed by atoms with Crippen molar-refractivity contribution in [1.29, 1.82) is 0 Å². The van der Waals surface area contributed by atoms with E-state index in [1.165, 1.54) is 7.11 Å². The van der Waals surface area contributed by atoms with E-state index in [4.69, 9.17) is 14.6 Å². The summed E-state index contributed by atoms with van der Waals surface area (Å²) in [5.41, 5.74) is 0.121. The summed E-state index contributed by atoms with van der Waals surface area (Å²) in [6, 6.07) is 4.86. The minimum atomic E-state index is -1.63. The normalized spacial score (nSPS) is 13.6. The number of benzene rings is 1. The summed E-state index contributed by atoms with van der Waals surface area (Å²) in [6.45, 7) is 0.500. The van der Waals surface area contributed by atoms with Gasteiger partial charge in [-0.05, 0) is 30.9 Å². The van der Waals surface area contributed by atoms with Crippen molar-refractivity contribution in [3.05, 3.63) is 23.8 Å². The van der Waals surface area contributed by atoms with Crippen LogP contribution in [-0.4, -0.2) is 36.4 Å². The topological polar surface area (TPSA) is 89.9 Å². The van der Waals surface area contributed by atoms with E-state index in [1.54, 1.807) is 18.2 Å². The zero-order valence-corrected chi connectivity index (χ0v) is 11.6. The molecule has 1 aromatic rings. The largest absolute Gasteiger partial charge is 0.496 e. The highest BCUT2D eigenvalue weighted by Gasteiger charge is 2.26. The molecule has 0 heterocycles. The number of carbonyl (C=O) groups excluding carboxylic acids is 2. The zero-order chi connectivity index (χ0) is 15.4. The Balaban J connectivity index is 2.22. The molecule has 1 aliphatic rings. The van der Waals surface area contributed by atoms with E-state index in [1.807, 2.05) is 0 Å². The van der Waals surface area contributed by atoms with Gasteiger partial charge in [-0.25, -0.2) is 4.79 Å². The predicted octanol–water partition coefficient (Wildman–Crippen LogP) is 1.71. The van der Waals surface area contributed by atoms with Crippen LogP contribution in [0, 0.1) is 5.92 Å². The Morgan fingerprint density at radius 2 is 1.90 bits per heavy atom. The molecule has 2 rings (SSSR count). The average molecular weight is 292 g/mol. The van der Waals surface area contributed by atoms with Gasteiger partial charge < -0.3 is 14.6 Å². The molecule has 0 saturated heterocycles. The molecule has 1 aliphatic carbocycles. The summed E-state index contributed by atoms with van der Waals surface area (Å²) in [5, 5.41) is 8.59. The second-order valence-corrected chi connectivity index (χ2v) is 4.92. The smallest absolute Gasteiger partial charge is 0.372 e. The molecule has 0 spiro atoms. The number of hydrogen-bond acceptors (Lipinski definition) is 5. The van der Waals surface area contributed by atoms with Gasteiger partial charge in [-0.3, -0.25) is 9.59 Å². The van der Waals surface area contributed by atoms with E-state index >= 15 is 0 Å². The molecule has 1 fully saturated rings. The van der Waals surface area contributed by atoms with Crippen molar-refractivity contribution in [2.45, 2.75) is 19.3 Å². The minimum absolute atomic E-state index is 0.121. The Labute approximate surface area is 121 Å². The maximum Gasteiger partial charge on any atom is 0.372 e. The van der Waals surface area contributed by atoms with Gasteiger partial charge in [0.05, 0.1) is 20.1 Å². The van der Waals surface area contributed by atoms with Crippen molar-refractivity contribution in [2.75, 3.05) is 13.7 Å². The first kappa shape index (κ1) is 15.0. The fourth-order valence-electron chi connectivity index (χ4n) is 1.88. The van der Waals surface area contributed by atoms with E-state index in [0.717, 1.165) is 12.8 Å². The van der Waals surface area contributed by atoms with Gasteiger partial charge in [0, 0.05) is 0 Å². The van der Waals surface area contributed by atoms with Gasteiger partial charge in [-0.1, -0.05) is 6.07 Å². The number of Topliss-reactive ketones (excluding diaryl/α,β-unsaturated/α-hetero) is 2. The average Bonchev–Trinajstić information content (AvgIpc) is 3.28. The fraction of sp³-hybridized carbons (Fsp3) is 0.400. The van der Waals surface area contributed by atoms with Gasteiger partial charge in [0.25, 0.3) is 0 Å². The van der Waals surface area contributed by atoms with Gasteiger partial charge in [0.1, 0.15) is 17.1 Å². The maximum absolute atomic E-state index is 12.2. The van der Waals surface area contributed by atoms with Gasteiger partial charge in [-0.2, -0.15) is 0 Å². The number of methoxy groups -OCH3 is 1. The molecule has 112 valence electrons. The van der Waals surface area contributed by atoms with Crippen LogP contribution in [0.1, 0.15) is 29.6 Å². The summed E-state index contributed by atoms with van der Waals surface area (Å²) >= 11 is 0. The van der Waals surface area contributed by atoms with E-state index < -0.39 is 24.0 Å². The first-order valence-corrected chi connectivity index (χ1v) is 6.62. The van der Waals surface area contributed by atoms with Gasteiger partial charge in [0.2, 0.25) is 5.78 Å². The number of ether oxygens (including phenoxy) is 2. The molecule has 0 radical (unpaired) electrons. The first-order valence-electron chi connectivity index (χ1n) is 6.62. The van der Waals surface area contributed by atoms with Gasteiger partial charge in [0.15, 0.2) is 5.78 Å².